The highest BCUT2D eigenvalue weighted by Gasteiger charge is 2.26. The van der Waals surface area contributed by atoms with Crippen LogP contribution in [0.5, 0.6) is 0 Å². The topological polar surface area (TPSA) is 49.8 Å². The molecule has 4 nitrogen and oxygen atoms in total. The number of hydrogen-bond donors (Lipinski definition) is 2. The van der Waals surface area contributed by atoms with E-state index in [1.807, 2.05) is 6.07 Å². The van der Waals surface area contributed by atoms with Crippen molar-refractivity contribution in [3.8, 4) is 0 Å². The summed E-state index contributed by atoms with van der Waals surface area (Å²) in [7, 11) is 0. The third-order valence-electron chi connectivity index (χ3n) is 3.98. The van der Waals surface area contributed by atoms with Crippen molar-refractivity contribution in [1.29, 1.82) is 0 Å². The first-order valence-corrected chi connectivity index (χ1v) is 7.52. The minimum absolute atomic E-state index is 0.431. The van der Waals surface area contributed by atoms with Gasteiger partial charge in [-0.15, -0.1) is 0 Å². The summed E-state index contributed by atoms with van der Waals surface area (Å²) in [6.07, 6.45) is 9.51. The predicted octanol–water partition coefficient (Wildman–Crippen LogP) is 3.68. The van der Waals surface area contributed by atoms with Crippen molar-refractivity contribution in [2.75, 3.05) is 23.7 Å². The van der Waals surface area contributed by atoms with Crippen LogP contribution >= 0.6 is 0 Å². The largest absolute Gasteiger partial charge is 0.370 e. The standard InChI is InChI=1S/C15H26N4/c1-3-9-16-13-10-14(19-12-18-13)17-11-15(2)7-5-4-6-8-15/h10,12H,3-9,11H2,1-2H3,(H2,16,17,18,19). The number of aromatic nitrogens is 2. The summed E-state index contributed by atoms with van der Waals surface area (Å²) in [5.41, 5.74) is 0.431. The Balaban J connectivity index is 1.88. The molecule has 1 aromatic rings. The highest BCUT2D eigenvalue weighted by atomic mass is 15.1. The van der Waals surface area contributed by atoms with Crippen molar-refractivity contribution >= 4 is 11.6 Å². The summed E-state index contributed by atoms with van der Waals surface area (Å²) < 4.78 is 0. The van der Waals surface area contributed by atoms with Gasteiger partial charge in [-0.25, -0.2) is 9.97 Å². The van der Waals surface area contributed by atoms with Crippen LogP contribution in [0.2, 0.25) is 0 Å². The Labute approximate surface area is 116 Å². The van der Waals surface area contributed by atoms with Crippen LogP contribution in [0.15, 0.2) is 12.4 Å². The highest BCUT2D eigenvalue weighted by molar-refractivity contribution is 5.46. The molecule has 1 saturated carbocycles. The second-order valence-electron chi connectivity index (χ2n) is 5.94. The third-order valence-corrected chi connectivity index (χ3v) is 3.98. The van der Waals surface area contributed by atoms with Crippen LogP contribution in [-0.4, -0.2) is 23.1 Å². The fourth-order valence-electron chi connectivity index (χ4n) is 2.69. The molecular weight excluding hydrogens is 236 g/mol. The zero-order valence-electron chi connectivity index (χ0n) is 12.2. The minimum Gasteiger partial charge on any atom is -0.370 e. The van der Waals surface area contributed by atoms with Gasteiger partial charge in [0, 0.05) is 19.2 Å². The average molecular weight is 262 g/mol. The van der Waals surface area contributed by atoms with Crippen LogP contribution in [0.4, 0.5) is 11.6 Å². The summed E-state index contributed by atoms with van der Waals surface area (Å²) in [4.78, 5) is 8.53. The summed E-state index contributed by atoms with van der Waals surface area (Å²) in [5, 5.41) is 6.77. The molecule has 0 radical (unpaired) electrons. The van der Waals surface area contributed by atoms with E-state index >= 15 is 0 Å². The van der Waals surface area contributed by atoms with Gasteiger partial charge in [0.1, 0.15) is 18.0 Å². The molecule has 0 bridgehead atoms. The van der Waals surface area contributed by atoms with Crippen LogP contribution in [0.1, 0.15) is 52.4 Å². The SMILES string of the molecule is CCCNc1cc(NCC2(C)CCCCC2)ncn1. The van der Waals surface area contributed by atoms with E-state index in [-0.39, 0.29) is 0 Å². The van der Waals surface area contributed by atoms with Gasteiger partial charge in [-0.1, -0.05) is 33.1 Å². The number of hydrogen-bond acceptors (Lipinski definition) is 4. The van der Waals surface area contributed by atoms with E-state index in [0.717, 1.165) is 31.1 Å². The molecule has 2 N–H and O–H groups in total. The van der Waals surface area contributed by atoms with Gasteiger partial charge in [0.2, 0.25) is 0 Å². The maximum Gasteiger partial charge on any atom is 0.131 e. The van der Waals surface area contributed by atoms with Gasteiger partial charge in [0.25, 0.3) is 0 Å². The minimum atomic E-state index is 0.431. The second-order valence-corrected chi connectivity index (χ2v) is 5.94. The molecule has 1 aromatic heterocycles. The molecule has 0 spiro atoms. The molecule has 0 amide bonds. The molecule has 2 rings (SSSR count). The van der Waals surface area contributed by atoms with E-state index in [4.69, 9.17) is 0 Å². The van der Waals surface area contributed by atoms with Crippen molar-refractivity contribution in [3.05, 3.63) is 12.4 Å². The molecule has 0 unspecified atom stereocenters. The van der Waals surface area contributed by atoms with Crippen LogP contribution in [-0.2, 0) is 0 Å². The van der Waals surface area contributed by atoms with Gasteiger partial charge in [0.05, 0.1) is 0 Å². The maximum atomic E-state index is 4.30. The van der Waals surface area contributed by atoms with E-state index < -0.39 is 0 Å². The Morgan fingerprint density at radius 2 is 1.79 bits per heavy atom. The zero-order chi connectivity index (χ0) is 13.6. The molecule has 0 aliphatic heterocycles. The number of nitrogens with one attached hydrogen (secondary N) is 2. The Hall–Kier alpha value is -1.32. The molecule has 1 fully saturated rings. The number of anilines is 2. The molecule has 1 heterocycles. The smallest absolute Gasteiger partial charge is 0.131 e. The summed E-state index contributed by atoms with van der Waals surface area (Å²) >= 11 is 0. The lowest BCUT2D eigenvalue weighted by Gasteiger charge is -2.33. The van der Waals surface area contributed by atoms with Crippen LogP contribution in [0, 0.1) is 5.41 Å². The molecule has 106 valence electrons. The third kappa shape index (κ3) is 4.37. The number of nitrogens with zero attached hydrogens (tertiary/aromatic N) is 2. The van der Waals surface area contributed by atoms with Crippen LogP contribution < -0.4 is 10.6 Å². The molecule has 1 aliphatic carbocycles. The fraction of sp³-hybridized carbons (Fsp3) is 0.733. The lowest BCUT2D eigenvalue weighted by atomic mass is 9.76. The van der Waals surface area contributed by atoms with E-state index in [1.54, 1.807) is 6.33 Å². The molecule has 19 heavy (non-hydrogen) atoms. The second kappa shape index (κ2) is 6.73. The van der Waals surface area contributed by atoms with Crippen molar-refractivity contribution < 1.29 is 0 Å². The normalized spacial score (nSPS) is 18.0. The Morgan fingerprint density at radius 3 is 2.47 bits per heavy atom. The molecular formula is C15H26N4. The Morgan fingerprint density at radius 1 is 1.11 bits per heavy atom. The van der Waals surface area contributed by atoms with Crippen molar-refractivity contribution in [2.24, 2.45) is 5.41 Å². The first-order valence-electron chi connectivity index (χ1n) is 7.52. The van der Waals surface area contributed by atoms with Gasteiger partial charge in [-0.2, -0.15) is 0 Å². The van der Waals surface area contributed by atoms with E-state index in [9.17, 15) is 0 Å². The molecule has 0 aromatic carbocycles. The van der Waals surface area contributed by atoms with E-state index in [1.165, 1.54) is 32.1 Å². The molecule has 0 atom stereocenters. The van der Waals surface area contributed by atoms with Crippen molar-refractivity contribution in [2.45, 2.75) is 52.4 Å². The van der Waals surface area contributed by atoms with Crippen LogP contribution in [0.3, 0.4) is 0 Å². The van der Waals surface area contributed by atoms with E-state index in [0.29, 0.717) is 5.41 Å². The first-order chi connectivity index (χ1) is 9.22. The zero-order valence-corrected chi connectivity index (χ0v) is 12.2. The summed E-state index contributed by atoms with van der Waals surface area (Å²) in [6.45, 7) is 6.50. The Kier molecular flexibility index (Phi) is 5.00. The van der Waals surface area contributed by atoms with Crippen molar-refractivity contribution in [3.63, 3.8) is 0 Å². The van der Waals surface area contributed by atoms with Crippen LogP contribution in [0.25, 0.3) is 0 Å². The average Bonchev–Trinajstić information content (AvgIpc) is 2.44. The lowest BCUT2D eigenvalue weighted by Crippen LogP contribution is -2.29. The molecule has 1 aliphatic rings. The summed E-state index contributed by atoms with van der Waals surface area (Å²) in [5.74, 6) is 1.84. The van der Waals surface area contributed by atoms with Crippen molar-refractivity contribution in [1.82, 2.24) is 9.97 Å². The highest BCUT2D eigenvalue weighted by Crippen LogP contribution is 2.35. The molecule has 4 heteroatoms. The molecule has 0 saturated heterocycles. The quantitative estimate of drug-likeness (QED) is 0.821. The van der Waals surface area contributed by atoms with Gasteiger partial charge >= 0.3 is 0 Å². The van der Waals surface area contributed by atoms with Gasteiger partial charge in [0.15, 0.2) is 0 Å². The van der Waals surface area contributed by atoms with Gasteiger partial charge in [-0.05, 0) is 24.7 Å². The maximum absolute atomic E-state index is 4.30. The fourth-order valence-corrected chi connectivity index (χ4v) is 2.69. The van der Waals surface area contributed by atoms with E-state index in [2.05, 4.69) is 34.4 Å². The number of rotatable bonds is 6. The van der Waals surface area contributed by atoms with Gasteiger partial charge in [-0.3, -0.25) is 0 Å². The first kappa shape index (κ1) is 14.1. The van der Waals surface area contributed by atoms with Gasteiger partial charge < -0.3 is 10.6 Å². The summed E-state index contributed by atoms with van der Waals surface area (Å²) in [6, 6.07) is 2.00. The lowest BCUT2D eigenvalue weighted by molar-refractivity contribution is 0.233. The predicted molar refractivity (Wildman–Crippen MR) is 80.5 cm³/mol. The Bertz CT molecular complexity index is 385. The monoisotopic (exact) mass is 262 g/mol.